The van der Waals surface area contributed by atoms with E-state index in [1.54, 1.807) is 12.3 Å². The van der Waals surface area contributed by atoms with Crippen molar-refractivity contribution in [2.75, 3.05) is 0 Å². The molecule has 0 amide bonds. The van der Waals surface area contributed by atoms with Crippen LogP contribution in [0.4, 0.5) is 0 Å². The average Bonchev–Trinajstić information content (AvgIpc) is 3.52. The summed E-state index contributed by atoms with van der Waals surface area (Å²) in [6.07, 6.45) is 3.81. The summed E-state index contributed by atoms with van der Waals surface area (Å²) in [5, 5.41) is 14.1. The van der Waals surface area contributed by atoms with Crippen molar-refractivity contribution in [2.45, 2.75) is 5.54 Å². The second kappa shape index (κ2) is 8.29. The minimum atomic E-state index is -0.916. The lowest BCUT2D eigenvalue weighted by Crippen LogP contribution is -2.38. The fourth-order valence-electron chi connectivity index (χ4n) is 4.18. The van der Waals surface area contributed by atoms with Crippen molar-refractivity contribution in [3.05, 3.63) is 137 Å². The zero-order valence-corrected chi connectivity index (χ0v) is 17.9. The molecule has 2 aromatic heterocycles. The molecule has 3 aromatic carbocycles. The number of thiophene rings is 1. The number of rotatable bonds is 6. The first-order chi connectivity index (χ1) is 15.7. The zero-order valence-electron chi connectivity index (χ0n) is 17.1. The molecular weight excluding hydrogens is 416 g/mol. The minimum absolute atomic E-state index is 0.313. The molecule has 0 unspecified atom stereocenters. The highest BCUT2D eigenvalue weighted by atomic mass is 32.1. The molecule has 0 spiro atoms. The van der Waals surface area contributed by atoms with Gasteiger partial charge in [-0.3, -0.25) is 4.68 Å². The van der Waals surface area contributed by atoms with Gasteiger partial charge in [-0.1, -0.05) is 91.0 Å². The molecule has 5 aromatic rings. The molecule has 0 radical (unpaired) electrons. The van der Waals surface area contributed by atoms with Gasteiger partial charge in [-0.15, -0.1) is 11.3 Å². The van der Waals surface area contributed by atoms with E-state index in [-0.39, 0.29) is 0 Å². The number of aromatic carboxylic acids is 1. The van der Waals surface area contributed by atoms with Crippen LogP contribution < -0.4 is 0 Å². The molecule has 5 rings (SSSR count). The number of nitrogens with zero attached hydrogens (tertiary/aromatic N) is 2. The van der Waals surface area contributed by atoms with E-state index in [1.807, 2.05) is 71.5 Å². The van der Waals surface area contributed by atoms with Crippen molar-refractivity contribution in [3.8, 4) is 10.4 Å². The van der Waals surface area contributed by atoms with Gasteiger partial charge in [0.05, 0.1) is 6.20 Å². The number of hydrogen-bond acceptors (Lipinski definition) is 3. The number of carboxylic acids is 1. The predicted molar refractivity (Wildman–Crippen MR) is 127 cm³/mol. The Hall–Kier alpha value is -3.96. The third kappa shape index (κ3) is 3.33. The monoisotopic (exact) mass is 436 g/mol. The lowest BCUT2D eigenvalue weighted by Gasteiger charge is -2.36. The second-order valence-electron chi connectivity index (χ2n) is 7.45. The summed E-state index contributed by atoms with van der Waals surface area (Å²) in [6, 6.07) is 34.5. The Morgan fingerprint density at radius 1 is 0.750 bits per heavy atom. The Morgan fingerprint density at radius 2 is 1.25 bits per heavy atom. The van der Waals surface area contributed by atoms with E-state index in [1.165, 1.54) is 11.3 Å². The lowest BCUT2D eigenvalue weighted by molar-refractivity contribution is 0.0702. The smallest absolute Gasteiger partial charge is 0.345 e. The topological polar surface area (TPSA) is 55.1 Å². The van der Waals surface area contributed by atoms with Crippen molar-refractivity contribution in [2.24, 2.45) is 0 Å². The molecule has 0 saturated heterocycles. The summed E-state index contributed by atoms with van der Waals surface area (Å²) in [7, 11) is 0. The van der Waals surface area contributed by atoms with E-state index in [9.17, 15) is 9.90 Å². The van der Waals surface area contributed by atoms with Crippen molar-refractivity contribution in [1.29, 1.82) is 0 Å². The SMILES string of the molecule is O=C(O)c1ccc(-c2cnn(C(c3ccccc3)(c3ccccc3)c3ccccc3)c2)s1. The van der Waals surface area contributed by atoms with Crippen LogP contribution in [-0.4, -0.2) is 20.9 Å². The number of hydrogen-bond donors (Lipinski definition) is 1. The molecule has 2 heterocycles. The maximum absolute atomic E-state index is 11.4. The third-order valence-electron chi connectivity index (χ3n) is 5.60. The van der Waals surface area contributed by atoms with Crippen LogP contribution >= 0.6 is 11.3 Å². The molecule has 0 atom stereocenters. The Kier molecular flexibility index (Phi) is 5.17. The number of benzene rings is 3. The van der Waals surface area contributed by atoms with E-state index < -0.39 is 11.5 Å². The fourth-order valence-corrected chi connectivity index (χ4v) is 5.00. The Balaban J connectivity index is 1.77. The highest BCUT2D eigenvalue weighted by Gasteiger charge is 2.39. The van der Waals surface area contributed by atoms with Crippen LogP contribution in [0, 0.1) is 0 Å². The van der Waals surface area contributed by atoms with Crippen molar-refractivity contribution in [1.82, 2.24) is 9.78 Å². The van der Waals surface area contributed by atoms with Crippen LogP contribution in [0.15, 0.2) is 116 Å². The third-order valence-corrected chi connectivity index (χ3v) is 6.72. The van der Waals surface area contributed by atoms with Gasteiger partial charge in [-0.25, -0.2) is 4.79 Å². The van der Waals surface area contributed by atoms with E-state index >= 15 is 0 Å². The number of carboxylic acid groups (broad SMARTS) is 1. The maximum atomic E-state index is 11.4. The first-order valence-electron chi connectivity index (χ1n) is 10.2. The van der Waals surface area contributed by atoms with Gasteiger partial charge in [-0.05, 0) is 28.8 Å². The largest absolute Gasteiger partial charge is 0.477 e. The van der Waals surface area contributed by atoms with E-state index in [0.29, 0.717) is 4.88 Å². The number of aromatic nitrogens is 2. The molecule has 0 aliphatic rings. The van der Waals surface area contributed by atoms with Crippen molar-refractivity contribution >= 4 is 17.3 Å². The summed E-state index contributed by atoms with van der Waals surface area (Å²) < 4.78 is 1.99. The standard InChI is InChI=1S/C27H20N2O2S/c30-26(31)25-17-16-24(32-25)20-18-28-29(19-20)27(21-10-4-1-5-11-21,22-12-6-2-7-13-22)23-14-8-3-9-15-23/h1-19H,(H,30,31). The summed E-state index contributed by atoms with van der Waals surface area (Å²) in [5.74, 6) is -0.916. The van der Waals surface area contributed by atoms with E-state index in [0.717, 1.165) is 27.1 Å². The summed E-state index contributed by atoms with van der Waals surface area (Å²) in [6.45, 7) is 0. The van der Waals surface area contributed by atoms with E-state index in [4.69, 9.17) is 5.10 Å². The highest BCUT2D eigenvalue weighted by molar-refractivity contribution is 7.17. The predicted octanol–water partition coefficient (Wildman–Crippen LogP) is 6.15. The van der Waals surface area contributed by atoms with Crippen LogP contribution in [0.5, 0.6) is 0 Å². The Bertz CT molecular complexity index is 1250. The van der Waals surface area contributed by atoms with Crippen LogP contribution in [0.1, 0.15) is 26.4 Å². The van der Waals surface area contributed by atoms with Gasteiger partial charge < -0.3 is 5.11 Å². The van der Waals surface area contributed by atoms with Crippen molar-refractivity contribution < 1.29 is 9.90 Å². The lowest BCUT2D eigenvalue weighted by atomic mass is 9.77. The molecular formula is C27H20N2O2S. The molecule has 0 fully saturated rings. The van der Waals surface area contributed by atoms with Crippen molar-refractivity contribution in [3.63, 3.8) is 0 Å². The molecule has 156 valence electrons. The highest BCUT2D eigenvalue weighted by Crippen LogP contribution is 2.41. The Labute approximate surface area is 190 Å². The maximum Gasteiger partial charge on any atom is 0.345 e. The molecule has 0 bridgehead atoms. The summed E-state index contributed by atoms with van der Waals surface area (Å²) in [4.78, 5) is 12.5. The molecule has 1 N–H and O–H groups in total. The summed E-state index contributed by atoms with van der Waals surface area (Å²) >= 11 is 1.25. The van der Waals surface area contributed by atoms with Gasteiger partial charge >= 0.3 is 5.97 Å². The Morgan fingerprint density at radius 3 is 1.69 bits per heavy atom. The van der Waals surface area contributed by atoms with E-state index in [2.05, 4.69) is 36.4 Å². The normalized spacial score (nSPS) is 11.4. The molecule has 0 saturated carbocycles. The van der Waals surface area contributed by atoms with Gasteiger partial charge in [0.2, 0.25) is 0 Å². The minimum Gasteiger partial charge on any atom is -0.477 e. The first-order valence-corrected chi connectivity index (χ1v) is 11.1. The van der Waals surface area contributed by atoms with Crippen LogP contribution in [0.2, 0.25) is 0 Å². The number of carbonyl (C=O) groups is 1. The molecule has 4 nitrogen and oxygen atoms in total. The second-order valence-corrected chi connectivity index (χ2v) is 8.53. The molecule has 0 aliphatic carbocycles. The fraction of sp³-hybridized carbons (Fsp3) is 0.0370. The molecule has 32 heavy (non-hydrogen) atoms. The zero-order chi connectivity index (χ0) is 22.0. The van der Waals surface area contributed by atoms with Gasteiger partial charge in [0.1, 0.15) is 10.4 Å². The van der Waals surface area contributed by atoms with Gasteiger partial charge in [0.15, 0.2) is 0 Å². The van der Waals surface area contributed by atoms with Gasteiger partial charge in [0, 0.05) is 16.6 Å². The van der Waals surface area contributed by atoms with Gasteiger partial charge in [-0.2, -0.15) is 5.10 Å². The summed E-state index contributed by atoms with van der Waals surface area (Å²) in [5.41, 5.74) is 3.46. The van der Waals surface area contributed by atoms with Gasteiger partial charge in [0.25, 0.3) is 0 Å². The quantitative estimate of drug-likeness (QED) is 0.325. The van der Waals surface area contributed by atoms with Crippen LogP contribution in [-0.2, 0) is 5.54 Å². The van der Waals surface area contributed by atoms with Crippen LogP contribution in [0.3, 0.4) is 0 Å². The average molecular weight is 437 g/mol. The van der Waals surface area contributed by atoms with Crippen LogP contribution in [0.25, 0.3) is 10.4 Å². The molecule has 5 heteroatoms. The first kappa shape index (κ1) is 20.0. The molecule has 0 aliphatic heterocycles.